The van der Waals surface area contributed by atoms with Gasteiger partial charge in [-0.25, -0.2) is 9.48 Å². The van der Waals surface area contributed by atoms with Gasteiger partial charge in [0.05, 0.1) is 64.0 Å². The zero-order valence-electron chi connectivity index (χ0n) is 42.0. The molecular weight excluding hydrogens is 883 g/mol. The average Bonchev–Trinajstić information content (AvgIpc) is 3.96. The number of nitrogens with one attached hydrogen (secondary N) is 4. The van der Waals surface area contributed by atoms with Crippen LogP contribution in [0.1, 0.15) is 109 Å². The van der Waals surface area contributed by atoms with E-state index in [1.54, 1.807) is 14.2 Å². The molecule has 0 radical (unpaired) electrons. The zero-order chi connectivity index (χ0) is 48.7. The summed E-state index contributed by atoms with van der Waals surface area (Å²) in [5.74, 6) is 0.898. The first kappa shape index (κ1) is 56.5. The summed E-state index contributed by atoms with van der Waals surface area (Å²) in [7, 11) is 7.43. The number of carbonyl (C=O) groups excluding carboxylic acids is 4. The first-order valence-electron chi connectivity index (χ1n) is 24.6. The molecular formula is C47H85N9O10S. The van der Waals surface area contributed by atoms with Crippen LogP contribution in [-0.2, 0) is 55.8 Å². The number of aromatic nitrogens is 3. The van der Waals surface area contributed by atoms with Crippen molar-refractivity contribution in [3.05, 3.63) is 11.4 Å². The van der Waals surface area contributed by atoms with Crippen molar-refractivity contribution in [3.8, 4) is 0 Å². The molecule has 1 unspecified atom stereocenters. The van der Waals surface area contributed by atoms with E-state index in [1.807, 2.05) is 21.3 Å². The molecule has 0 spiro atoms. The monoisotopic (exact) mass is 968 g/mol. The molecule has 6 atom stereocenters. The molecule has 3 aliphatic rings. The van der Waals surface area contributed by atoms with E-state index in [2.05, 4.69) is 78.3 Å². The minimum absolute atomic E-state index is 0.0309. The first-order chi connectivity index (χ1) is 32.2. The van der Waals surface area contributed by atoms with Crippen LogP contribution in [0.3, 0.4) is 0 Å². The summed E-state index contributed by atoms with van der Waals surface area (Å²) in [5, 5.41) is 21.4. The van der Waals surface area contributed by atoms with Crippen molar-refractivity contribution in [2.75, 3.05) is 120 Å². The molecule has 1 aromatic rings. The molecule has 1 aromatic heterocycles. The molecule has 5 amide bonds. The highest BCUT2D eigenvalue weighted by molar-refractivity contribution is 8.00. The maximum absolute atomic E-state index is 13.5. The van der Waals surface area contributed by atoms with Crippen molar-refractivity contribution >= 4 is 35.5 Å². The van der Waals surface area contributed by atoms with Gasteiger partial charge in [-0.05, 0) is 52.6 Å². The number of thioether (sulfide) groups is 1. The lowest BCUT2D eigenvalue weighted by molar-refractivity contribution is -0.136. The highest BCUT2D eigenvalue weighted by Gasteiger charge is 2.42. The maximum atomic E-state index is 13.5. The average molecular weight is 968 g/mol. The first-order valence-corrected chi connectivity index (χ1v) is 25.7. The fourth-order valence-corrected chi connectivity index (χ4v) is 10.4. The number of methoxy groups -OCH3 is 2. The lowest BCUT2D eigenvalue weighted by atomic mass is 9.88. The van der Waals surface area contributed by atoms with E-state index in [-0.39, 0.29) is 59.5 Å². The van der Waals surface area contributed by atoms with Crippen LogP contribution >= 0.6 is 11.8 Å². The molecule has 0 saturated carbocycles. The molecule has 3 aliphatic heterocycles. The molecule has 20 heteroatoms. The molecule has 2 fully saturated rings. The van der Waals surface area contributed by atoms with Gasteiger partial charge < -0.3 is 59.5 Å². The number of fused-ring (bicyclic) bond motifs is 2. The number of hydrogen-bond acceptors (Lipinski definition) is 14. The van der Waals surface area contributed by atoms with E-state index in [0.29, 0.717) is 117 Å². The summed E-state index contributed by atoms with van der Waals surface area (Å²) in [6, 6.07) is 0.388. The van der Waals surface area contributed by atoms with E-state index < -0.39 is 12.2 Å². The standard InChI is InChI=1S/C47H85N9O10S/c1-9-47(4,32-54(5)6)34-66-33-46(2,3)31-56-36-19-22-55(29-37(61-7)44(62-8)43(36)52-53-56)41(59)18-12-17-40(58)49-21-14-24-64-26-28-65-27-25-63-23-13-20-48-39(57)16-11-10-15-38-42-35(30-67-38)50-45(60)51-42/h35,37-38,42,44H,9-34H2,1-8H3,(H,48,57)(H,49,58)(H2,50,51,60)/t35-,37-,38-,42-,44+,47?/m0/s1. The Hall–Kier alpha value is -3.11. The number of hydrogen-bond donors (Lipinski definition) is 4. The van der Waals surface area contributed by atoms with E-state index in [4.69, 9.17) is 28.4 Å². The highest BCUT2D eigenvalue weighted by atomic mass is 32.2. The van der Waals surface area contributed by atoms with Crippen molar-refractivity contribution in [1.82, 2.24) is 46.1 Å². The van der Waals surface area contributed by atoms with Gasteiger partial charge in [-0.3, -0.25) is 14.4 Å². The number of ether oxygens (including phenoxy) is 6. The van der Waals surface area contributed by atoms with Crippen LogP contribution in [0.25, 0.3) is 0 Å². The van der Waals surface area contributed by atoms with Crippen molar-refractivity contribution in [2.24, 2.45) is 10.8 Å². The maximum Gasteiger partial charge on any atom is 0.315 e. The third-order valence-corrected chi connectivity index (χ3v) is 14.2. The van der Waals surface area contributed by atoms with Crippen LogP contribution in [0, 0.1) is 10.8 Å². The van der Waals surface area contributed by atoms with E-state index in [1.165, 1.54) is 0 Å². The summed E-state index contributed by atoms with van der Waals surface area (Å²) >= 11 is 1.90. The zero-order valence-corrected chi connectivity index (χ0v) is 42.8. The van der Waals surface area contributed by atoms with Crippen LogP contribution in [0.15, 0.2) is 0 Å². The van der Waals surface area contributed by atoms with Gasteiger partial charge in [-0.15, -0.1) is 5.10 Å². The molecule has 0 aliphatic carbocycles. The Morgan fingerprint density at radius 2 is 1.49 bits per heavy atom. The Labute approximate surface area is 404 Å². The Morgan fingerprint density at radius 3 is 2.12 bits per heavy atom. The Bertz CT molecular complexity index is 1640. The van der Waals surface area contributed by atoms with Gasteiger partial charge in [-0.2, -0.15) is 11.8 Å². The number of carbonyl (C=O) groups is 4. The van der Waals surface area contributed by atoms with Gasteiger partial charge in [0.25, 0.3) is 0 Å². The van der Waals surface area contributed by atoms with Gasteiger partial charge in [0.1, 0.15) is 17.9 Å². The highest BCUT2D eigenvalue weighted by Crippen LogP contribution is 2.34. The van der Waals surface area contributed by atoms with Crippen molar-refractivity contribution < 1.29 is 47.6 Å². The third kappa shape index (κ3) is 20.0. The Kier molecular flexibility index (Phi) is 25.1. The summed E-state index contributed by atoms with van der Waals surface area (Å²) in [6.45, 7) is 16.4. The lowest BCUT2D eigenvalue weighted by Crippen LogP contribution is -2.44. The normalized spacial score (nSPS) is 21.5. The van der Waals surface area contributed by atoms with Crippen LogP contribution in [0.4, 0.5) is 4.79 Å². The lowest BCUT2D eigenvalue weighted by Gasteiger charge is -2.34. The van der Waals surface area contributed by atoms with Crippen LogP contribution in [0.5, 0.6) is 0 Å². The second-order valence-electron chi connectivity index (χ2n) is 19.6. The second-order valence-corrected chi connectivity index (χ2v) is 20.9. The minimum atomic E-state index is -0.494. The Morgan fingerprint density at radius 1 is 0.836 bits per heavy atom. The topological polar surface area (TPSA) is 209 Å². The quantitative estimate of drug-likeness (QED) is 0.0578. The third-order valence-electron chi connectivity index (χ3n) is 12.7. The molecule has 4 heterocycles. The van der Waals surface area contributed by atoms with E-state index in [0.717, 1.165) is 55.8 Å². The molecule has 4 N–H and O–H groups in total. The minimum Gasteiger partial charge on any atom is -0.380 e. The summed E-state index contributed by atoms with van der Waals surface area (Å²) in [4.78, 5) is 53.8. The summed E-state index contributed by atoms with van der Waals surface area (Å²) < 4.78 is 36.9. The van der Waals surface area contributed by atoms with Crippen LogP contribution in [-0.4, -0.2) is 192 Å². The molecule has 19 nitrogen and oxygen atoms in total. The van der Waals surface area contributed by atoms with Gasteiger partial charge in [0.2, 0.25) is 17.7 Å². The van der Waals surface area contributed by atoms with E-state index >= 15 is 0 Å². The van der Waals surface area contributed by atoms with Crippen LogP contribution in [0.2, 0.25) is 0 Å². The second kappa shape index (κ2) is 29.8. The van der Waals surface area contributed by atoms with Gasteiger partial charge >= 0.3 is 6.03 Å². The number of nitrogens with zero attached hydrogens (tertiary/aromatic N) is 5. The van der Waals surface area contributed by atoms with Gasteiger partial charge in [0.15, 0.2) is 0 Å². The smallest absolute Gasteiger partial charge is 0.315 e. The van der Waals surface area contributed by atoms with Crippen molar-refractivity contribution in [2.45, 2.75) is 134 Å². The molecule has 67 heavy (non-hydrogen) atoms. The van der Waals surface area contributed by atoms with Gasteiger partial charge in [-0.1, -0.05) is 39.3 Å². The fourth-order valence-electron chi connectivity index (χ4n) is 8.86. The molecule has 2 saturated heterocycles. The number of unbranched alkanes of at least 4 members (excludes halogenated alkanes) is 1. The summed E-state index contributed by atoms with van der Waals surface area (Å²) in [6.07, 6.45) is 6.35. The molecule has 4 rings (SSSR count). The largest absolute Gasteiger partial charge is 0.380 e. The predicted octanol–water partition coefficient (Wildman–Crippen LogP) is 3.34. The predicted molar refractivity (Wildman–Crippen MR) is 258 cm³/mol. The Balaban J connectivity index is 0.993. The number of urea groups is 1. The van der Waals surface area contributed by atoms with Gasteiger partial charge in [0, 0.05) is 108 Å². The molecule has 0 aromatic carbocycles. The van der Waals surface area contributed by atoms with Crippen molar-refractivity contribution in [3.63, 3.8) is 0 Å². The molecule has 0 bridgehead atoms. The van der Waals surface area contributed by atoms with E-state index in [9.17, 15) is 19.2 Å². The molecule has 384 valence electrons. The van der Waals surface area contributed by atoms with Crippen molar-refractivity contribution in [1.29, 1.82) is 0 Å². The number of amides is 5. The fraction of sp³-hybridized carbons (Fsp3) is 0.872. The number of rotatable bonds is 34. The SMILES string of the molecule is CCC(C)(COCC(C)(C)Cn1nnc2c1CCN(C(=O)CCCC(=O)NCCCOCCOCCOCCCNC(=O)CCCC[C@@H]1SC[C@@H]3NC(=O)N[C@@H]31)C[C@H](OC)[C@H]2OC)CN(C)C. The van der Waals surface area contributed by atoms with Crippen LogP contribution < -0.4 is 21.3 Å². The summed E-state index contributed by atoms with van der Waals surface area (Å²) in [5.41, 5.74) is 1.51.